The minimum Gasteiger partial charge on any atom is -0.479 e. The van der Waals surface area contributed by atoms with Crippen LogP contribution in [-0.2, 0) is 16.0 Å². The largest absolute Gasteiger partial charge is 0.479 e. The van der Waals surface area contributed by atoms with Crippen LogP contribution < -0.4 is 10.5 Å². The molecule has 4 nitrogen and oxygen atoms in total. The van der Waals surface area contributed by atoms with Crippen molar-refractivity contribution in [2.45, 2.75) is 31.4 Å². The molecule has 0 spiro atoms. The molecule has 1 aliphatic heterocycles. The van der Waals surface area contributed by atoms with Crippen LogP contribution in [0.4, 0.5) is 0 Å². The Labute approximate surface area is 99.7 Å². The highest BCUT2D eigenvalue weighted by Gasteiger charge is 2.29. The summed E-state index contributed by atoms with van der Waals surface area (Å²) in [5.74, 6) is 0.476. The molecule has 4 heteroatoms. The van der Waals surface area contributed by atoms with Gasteiger partial charge in [-0.05, 0) is 36.1 Å². The van der Waals surface area contributed by atoms with E-state index in [4.69, 9.17) is 15.2 Å². The van der Waals surface area contributed by atoms with Crippen LogP contribution >= 0.6 is 0 Å². The minimum atomic E-state index is -0.442. The molecule has 1 aromatic carbocycles. The molecule has 0 aromatic heterocycles. The molecular formula is C13H15NO3. The summed E-state index contributed by atoms with van der Waals surface area (Å²) in [5, 5.41) is 0. The summed E-state index contributed by atoms with van der Waals surface area (Å²) in [7, 11) is 0. The second-order valence-electron chi connectivity index (χ2n) is 4.57. The van der Waals surface area contributed by atoms with Crippen LogP contribution in [0.1, 0.15) is 30.0 Å². The maximum absolute atomic E-state index is 11.3. The summed E-state index contributed by atoms with van der Waals surface area (Å²) < 4.78 is 10.5. The van der Waals surface area contributed by atoms with E-state index in [9.17, 15) is 4.79 Å². The molecule has 0 radical (unpaired) electrons. The van der Waals surface area contributed by atoms with Crippen LogP contribution in [0.15, 0.2) is 18.2 Å². The third-order valence-corrected chi connectivity index (χ3v) is 3.40. The maximum atomic E-state index is 11.3. The van der Waals surface area contributed by atoms with Crippen LogP contribution in [0.3, 0.4) is 0 Å². The molecule has 0 bridgehead atoms. The lowest BCUT2D eigenvalue weighted by molar-refractivity contribution is -0.143. The lowest BCUT2D eigenvalue weighted by atomic mass is 10.1. The first-order chi connectivity index (χ1) is 8.24. The molecule has 1 aromatic rings. The van der Waals surface area contributed by atoms with E-state index < -0.39 is 6.10 Å². The van der Waals surface area contributed by atoms with Crippen LogP contribution in [0.2, 0.25) is 0 Å². The van der Waals surface area contributed by atoms with Crippen molar-refractivity contribution in [2.75, 3.05) is 6.61 Å². The van der Waals surface area contributed by atoms with E-state index in [1.165, 1.54) is 11.1 Å². The molecule has 1 saturated heterocycles. The number of rotatable bonds is 2. The summed E-state index contributed by atoms with van der Waals surface area (Å²) in [6.45, 7) is 0.458. The Bertz CT molecular complexity index is 458. The van der Waals surface area contributed by atoms with E-state index in [0.717, 1.165) is 18.6 Å². The number of fused-ring (bicyclic) bond motifs is 1. The molecule has 3 rings (SSSR count). The molecule has 2 unspecified atom stereocenters. The molecule has 2 N–H and O–H groups in total. The quantitative estimate of drug-likeness (QED) is 0.783. The fraction of sp³-hybridized carbons (Fsp3) is 0.462. The molecule has 0 saturated carbocycles. The predicted molar refractivity (Wildman–Crippen MR) is 61.7 cm³/mol. The Kier molecular flexibility index (Phi) is 2.52. The normalized spacial score (nSPS) is 26.8. The predicted octanol–water partition coefficient (Wildman–Crippen LogP) is 1.33. The number of hydrogen-bond donors (Lipinski definition) is 1. The van der Waals surface area contributed by atoms with Crippen molar-refractivity contribution in [1.29, 1.82) is 0 Å². The van der Waals surface area contributed by atoms with Gasteiger partial charge in [0.05, 0.1) is 6.61 Å². The lowest BCUT2D eigenvalue weighted by Gasteiger charge is -2.11. The number of benzene rings is 1. The third kappa shape index (κ3) is 1.89. The fourth-order valence-corrected chi connectivity index (χ4v) is 2.45. The zero-order chi connectivity index (χ0) is 11.8. The molecule has 1 aliphatic carbocycles. The summed E-state index contributed by atoms with van der Waals surface area (Å²) in [6, 6.07) is 6.03. The van der Waals surface area contributed by atoms with Crippen molar-refractivity contribution in [3.63, 3.8) is 0 Å². The number of ether oxygens (including phenoxy) is 2. The maximum Gasteiger partial charge on any atom is 0.347 e. The van der Waals surface area contributed by atoms with Crippen molar-refractivity contribution in [3.8, 4) is 5.75 Å². The van der Waals surface area contributed by atoms with Gasteiger partial charge >= 0.3 is 5.97 Å². The fourth-order valence-electron chi connectivity index (χ4n) is 2.45. The molecule has 17 heavy (non-hydrogen) atoms. The van der Waals surface area contributed by atoms with Crippen LogP contribution in [-0.4, -0.2) is 18.7 Å². The third-order valence-electron chi connectivity index (χ3n) is 3.40. The van der Waals surface area contributed by atoms with Gasteiger partial charge in [0, 0.05) is 12.5 Å². The van der Waals surface area contributed by atoms with Gasteiger partial charge in [0.2, 0.25) is 0 Å². The van der Waals surface area contributed by atoms with E-state index >= 15 is 0 Å². The van der Waals surface area contributed by atoms with Gasteiger partial charge in [0.15, 0.2) is 6.10 Å². The topological polar surface area (TPSA) is 61.6 Å². The van der Waals surface area contributed by atoms with E-state index in [1.54, 1.807) is 0 Å². The first-order valence-electron chi connectivity index (χ1n) is 5.96. The highest BCUT2D eigenvalue weighted by atomic mass is 16.6. The number of nitrogens with two attached hydrogens (primary N) is 1. The van der Waals surface area contributed by atoms with Crippen LogP contribution in [0, 0.1) is 0 Å². The van der Waals surface area contributed by atoms with Crippen molar-refractivity contribution in [3.05, 3.63) is 29.3 Å². The highest BCUT2D eigenvalue weighted by molar-refractivity contribution is 5.76. The number of carbonyl (C=O) groups is 1. The van der Waals surface area contributed by atoms with Crippen LogP contribution in [0.25, 0.3) is 0 Å². The number of hydrogen-bond acceptors (Lipinski definition) is 4. The average molecular weight is 233 g/mol. The molecule has 2 atom stereocenters. The molecule has 2 aliphatic rings. The second kappa shape index (κ2) is 4.04. The number of carbonyl (C=O) groups excluding carboxylic acids is 1. The SMILES string of the molecule is NC1CCc2cc(OC3CCOC3=O)ccc21. The molecular weight excluding hydrogens is 218 g/mol. The van der Waals surface area contributed by atoms with Gasteiger partial charge in [-0.2, -0.15) is 0 Å². The monoisotopic (exact) mass is 233 g/mol. The summed E-state index contributed by atoms with van der Waals surface area (Å²) in [5.41, 5.74) is 8.40. The zero-order valence-corrected chi connectivity index (χ0v) is 9.52. The molecule has 1 heterocycles. The minimum absolute atomic E-state index is 0.149. The van der Waals surface area contributed by atoms with Gasteiger partial charge in [0.1, 0.15) is 5.75 Å². The zero-order valence-electron chi connectivity index (χ0n) is 9.52. The van der Waals surface area contributed by atoms with Crippen molar-refractivity contribution < 1.29 is 14.3 Å². The Hall–Kier alpha value is -1.55. The van der Waals surface area contributed by atoms with Crippen molar-refractivity contribution in [2.24, 2.45) is 5.73 Å². The number of cyclic esters (lactones) is 1. The first kappa shape index (κ1) is 10.6. The lowest BCUT2D eigenvalue weighted by Crippen LogP contribution is -2.21. The van der Waals surface area contributed by atoms with Gasteiger partial charge in [-0.3, -0.25) is 0 Å². The van der Waals surface area contributed by atoms with Crippen molar-refractivity contribution >= 4 is 5.97 Å². The number of esters is 1. The Balaban J connectivity index is 1.78. The van der Waals surface area contributed by atoms with E-state index in [2.05, 4.69) is 0 Å². The van der Waals surface area contributed by atoms with Gasteiger partial charge in [-0.15, -0.1) is 0 Å². The Morgan fingerprint density at radius 2 is 2.24 bits per heavy atom. The van der Waals surface area contributed by atoms with E-state index in [1.807, 2.05) is 18.2 Å². The number of aryl methyl sites for hydroxylation is 1. The van der Waals surface area contributed by atoms with E-state index in [0.29, 0.717) is 13.0 Å². The summed E-state index contributed by atoms with van der Waals surface area (Å²) >= 11 is 0. The van der Waals surface area contributed by atoms with Crippen molar-refractivity contribution in [1.82, 2.24) is 0 Å². The smallest absolute Gasteiger partial charge is 0.347 e. The Morgan fingerprint density at radius 3 is 3.00 bits per heavy atom. The van der Waals surface area contributed by atoms with Gasteiger partial charge in [-0.1, -0.05) is 6.07 Å². The van der Waals surface area contributed by atoms with Gasteiger partial charge in [0.25, 0.3) is 0 Å². The standard InChI is InChI=1S/C13H15NO3/c14-11-4-1-8-7-9(2-3-10(8)11)17-12-5-6-16-13(12)15/h2-3,7,11-12H,1,4-6,14H2. The van der Waals surface area contributed by atoms with Gasteiger partial charge in [-0.25, -0.2) is 4.79 Å². The Morgan fingerprint density at radius 1 is 1.35 bits per heavy atom. The molecule has 90 valence electrons. The first-order valence-corrected chi connectivity index (χ1v) is 5.96. The van der Waals surface area contributed by atoms with E-state index in [-0.39, 0.29) is 12.0 Å². The summed E-state index contributed by atoms with van der Waals surface area (Å²) in [6.07, 6.45) is 2.17. The summed E-state index contributed by atoms with van der Waals surface area (Å²) in [4.78, 5) is 11.3. The average Bonchev–Trinajstić information content (AvgIpc) is 2.87. The second-order valence-corrected chi connectivity index (χ2v) is 4.57. The molecule has 0 amide bonds. The molecule has 1 fully saturated rings. The van der Waals surface area contributed by atoms with Gasteiger partial charge < -0.3 is 15.2 Å². The van der Waals surface area contributed by atoms with Crippen LogP contribution in [0.5, 0.6) is 5.75 Å². The highest BCUT2D eigenvalue weighted by Crippen LogP contribution is 2.32.